The first-order valence-corrected chi connectivity index (χ1v) is 9.71. The fraction of sp³-hybridized carbons (Fsp3) is 0.550. The van der Waals surface area contributed by atoms with E-state index in [1.807, 2.05) is 48.2 Å². The molecule has 2 fully saturated rings. The minimum Gasteiger partial charge on any atom is -0.372 e. The van der Waals surface area contributed by atoms with Gasteiger partial charge in [-0.1, -0.05) is 0 Å². The van der Waals surface area contributed by atoms with E-state index in [2.05, 4.69) is 15.2 Å². The van der Waals surface area contributed by atoms with Gasteiger partial charge in [-0.3, -0.25) is 14.9 Å². The Morgan fingerprint density at radius 1 is 1.07 bits per heavy atom. The van der Waals surface area contributed by atoms with Gasteiger partial charge < -0.3 is 14.7 Å². The molecule has 0 saturated carbocycles. The molecule has 1 N–H and O–H groups in total. The van der Waals surface area contributed by atoms with E-state index in [9.17, 15) is 9.59 Å². The van der Waals surface area contributed by atoms with Crippen LogP contribution in [0.1, 0.15) is 36.0 Å². The molecule has 3 heterocycles. The highest BCUT2D eigenvalue weighted by atomic mass is 16.2. The lowest BCUT2D eigenvalue weighted by Crippen LogP contribution is -2.50. The second-order valence-corrected chi connectivity index (χ2v) is 7.85. The van der Waals surface area contributed by atoms with E-state index in [1.54, 1.807) is 0 Å². The summed E-state index contributed by atoms with van der Waals surface area (Å²) in [7, 11) is 3.73. The van der Waals surface area contributed by atoms with Crippen molar-refractivity contribution in [1.82, 2.24) is 15.1 Å². The Bertz CT molecular complexity index is 757. The van der Waals surface area contributed by atoms with Crippen molar-refractivity contribution in [2.45, 2.75) is 31.2 Å². The van der Waals surface area contributed by atoms with E-state index in [-0.39, 0.29) is 11.8 Å². The smallest absolute Gasteiger partial charge is 0.254 e. The molecule has 0 unspecified atom stereocenters. The first kappa shape index (κ1) is 17.8. The Morgan fingerprint density at radius 2 is 1.70 bits per heavy atom. The summed E-state index contributed by atoms with van der Waals surface area (Å²) in [5, 5.41) is 2.85. The standard InChI is InChI=1S/C20H27N5O2/c1-23(2)19-21-18(27)20(22-19)9-13-25(14-10-20)17(26)15-5-7-16(8-6-15)24-11-3-4-12-24/h5-8H,3-4,9-14H2,1-2H3,(H,21,22,27). The van der Waals surface area contributed by atoms with Crippen LogP contribution < -0.4 is 10.2 Å². The third kappa shape index (κ3) is 3.26. The van der Waals surface area contributed by atoms with Crippen LogP contribution in [-0.4, -0.2) is 73.4 Å². The predicted molar refractivity (Wildman–Crippen MR) is 105 cm³/mol. The summed E-state index contributed by atoms with van der Waals surface area (Å²) in [6.07, 6.45) is 3.60. The number of rotatable bonds is 2. The van der Waals surface area contributed by atoms with Gasteiger partial charge in [0.15, 0.2) is 0 Å². The minimum atomic E-state index is -0.712. The first-order valence-electron chi connectivity index (χ1n) is 9.71. The summed E-state index contributed by atoms with van der Waals surface area (Å²) in [6.45, 7) is 3.28. The molecule has 0 atom stereocenters. The molecule has 2 amide bonds. The van der Waals surface area contributed by atoms with Gasteiger partial charge in [0.2, 0.25) is 5.96 Å². The zero-order valence-corrected chi connectivity index (χ0v) is 16.1. The number of amides is 2. The maximum absolute atomic E-state index is 12.9. The van der Waals surface area contributed by atoms with Crippen molar-refractivity contribution >= 4 is 23.5 Å². The first-order chi connectivity index (χ1) is 13.0. The zero-order valence-electron chi connectivity index (χ0n) is 16.1. The highest BCUT2D eigenvalue weighted by Crippen LogP contribution is 2.31. The Morgan fingerprint density at radius 3 is 2.26 bits per heavy atom. The molecule has 0 bridgehead atoms. The van der Waals surface area contributed by atoms with Crippen molar-refractivity contribution in [1.29, 1.82) is 0 Å². The van der Waals surface area contributed by atoms with E-state index in [1.165, 1.54) is 18.5 Å². The van der Waals surface area contributed by atoms with E-state index in [4.69, 9.17) is 0 Å². The summed E-state index contributed by atoms with van der Waals surface area (Å²) in [6, 6.07) is 7.93. The molecular weight excluding hydrogens is 342 g/mol. The van der Waals surface area contributed by atoms with E-state index in [0.717, 1.165) is 13.1 Å². The van der Waals surface area contributed by atoms with E-state index in [0.29, 0.717) is 37.5 Å². The zero-order chi connectivity index (χ0) is 19.0. The number of likely N-dealkylation sites (tertiary alicyclic amines) is 1. The number of carbonyl (C=O) groups excluding carboxylic acids is 2. The molecule has 7 heteroatoms. The van der Waals surface area contributed by atoms with E-state index < -0.39 is 5.54 Å². The van der Waals surface area contributed by atoms with Crippen LogP contribution in [0.5, 0.6) is 0 Å². The molecule has 3 aliphatic heterocycles. The summed E-state index contributed by atoms with van der Waals surface area (Å²) in [5.74, 6) is 0.596. The van der Waals surface area contributed by atoms with Gasteiger partial charge in [0.25, 0.3) is 11.8 Å². The van der Waals surface area contributed by atoms with Crippen LogP contribution in [-0.2, 0) is 4.79 Å². The van der Waals surface area contributed by atoms with Gasteiger partial charge >= 0.3 is 0 Å². The third-order valence-corrected chi connectivity index (χ3v) is 5.85. The number of nitrogens with one attached hydrogen (secondary N) is 1. The van der Waals surface area contributed by atoms with Crippen LogP contribution in [0, 0.1) is 0 Å². The maximum atomic E-state index is 12.9. The molecule has 0 radical (unpaired) electrons. The third-order valence-electron chi connectivity index (χ3n) is 5.85. The summed E-state index contributed by atoms with van der Waals surface area (Å²) in [4.78, 5) is 35.9. The van der Waals surface area contributed by atoms with Gasteiger partial charge in [0, 0.05) is 51.5 Å². The molecule has 144 valence electrons. The highest BCUT2D eigenvalue weighted by molar-refractivity contribution is 6.07. The number of piperidine rings is 1. The topological polar surface area (TPSA) is 68.2 Å². The lowest BCUT2D eigenvalue weighted by atomic mass is 9.88. The quantitative estimate of drug-likeness (QED) is 0.854. The van der Waals surface area contributed by atoms with Gasteiger partial charge in [-0.05, 0) is 49.9 Å². The lowest BCUT2D eigenvalue weighted by Gasteiger charge is -2.35. The van der Waals surface area contributed by atoms with Crippen molar-refractivity contribution in [3.05, 3.63) is 29.8 Å². The summed E-state index contributed by atoms with van der Waals surface area (Å²) >= 11 is 0. The molecule has 0 aliphatic carbocycles. The average molecular weight is 369 g/mol. The van der Waals surface area contributed by atoms with Gasteiger partial charge in [0.1, 0.15) is 5.54 Å². The number of hydrogen-bond donors (Lipinski definition) is 1. The molecule has 1 spiro atoms. The SMILES string of the molecule is CN(C)C1=NC2(CCN(C(=O)c3ccc(N4CCCC4)cc3)CC2)C(=O)N1. The van der Waals surface area contributed by atoms with E-state index >= 15 is 0 Å². The van der Waals surface area contributed by atoms with Crippen molar-refractivity contribution in [3.63, 3.8) is 0 Å². The Kier molecular flexibility index (Phi) is 4.53. The van der Waals surface area contributed by atoms with Gasteiger partial charge in [0.05, 0.1) is 0 Å². The number of carbonyl (C=O) groups is 2. The van der Waals surface area contributed by atoms with Crippen molar-refractivity contribution < 1.29 is 9.59 Å². The van der Waals surface area contributed by atoms with Crippen molar-refractivity contribution in [3.8, 4) is 0 Å². The number of benzene rings is 1. The van der Waals surface area contributed by atoms with Crippen molar-refractivity contribution in [2.75, 3.05) is 45.2 Å². The molecule has 0 aromatic heterocycles. The molecule has 7 nitrogen and oxygen atoms in total. The van der Waals surface area contributed by atoms with Crippen LogP contribution >= 0.6 is 0 Å². The van der Waals surface area contributed by atoms with Gasteiger partial charge in [-0.2, -0.15) is 0 Å². The van der Waals surface area contributed by atoms with Crippen LogP contribution in [0.25, 0.3) is 0 Å². The Balaban J connectivity index is 1.41. The fourth-order valence-electron chi connectivity index (χ4n) is 4.10. The van der Waals surface area contributed by atoms with Crippen LogP contribution in [0.15, 0.2) is 29.3 Å². The molecule has 1 aromatic rings. The largest absolute Gasteiger partial charge is 0.372 e. The molecule has 2 saturated heterocycles. The molecule has 1 aromatic carbocycles. The second-order valence-electron chi connectivity index (χ2n) is 7.85. The fourth-order valence-corrected chi connectivity index (χ4v) is 4.10. The summed E-state index contributed by atoms with van der Waals surface area (Å²) in [5.41, 5.74) is 1.19. The Hall–Kier alpha value is -2.57. The Labute approximate surface area is 160 Å². The highest BCUT2D eigenvalue weighted by Gasteiger charge is 2.46. The molecular formula is C20H27N5O2. The number of hydrogen-bond acceptors (Lipinski definition) is 5. The molecule has 27 heavy (non-hydrogen) atoms. The van der Waals surface area contributed by atoms with Crippen molar-refractivity contribution in [2.24, 2.45) is 4.99 Å². The average Bonchev–Trinajstić information content (AvgIpc) is 3.32. The maximum Gasteiger partial charge on any atom is 0.254 e. The molecule has 3 aliphatic rings. The van der Waals surface area contributed by atoms with Crippen LogP contribution in [0.3, 0.4) is 0 Å². The molecule has 4 rings (SSSR count). The number of guanidine groups is 1. The monoisotopic (exact) mass is 369 g/mol. The van der Waals surface area contributed by atoms with Crippen LogP contribution in [0.4, 0.5) is 5.69 Å². The summed E-state index contributed by atoms with van der Waals surface area (Å²) < 4.78 is 0. The lowest BCUT2D eigenvalue weighted by molar-refractivity contribution is -0.125. The number of aliphatic imine (C=N–C) groups is 1. The number of anilines is 1. The van der Waals surface area contributed by atoms with Gasteiger partial charge in [-0.25, -0.2) is 4.99 Å². The minimum absolute atomic E-state index is 0.0352. The normalized spacial score (nSPS) is 21.4. The number of nitrogens with zero attached hydrogens (tertiary/aromatic N) is 4. The van der Waals surface area contributed by atoms with Crippen LogP contribution in [0.2, 0.25) is 0 Å². The predicted octanol–water partition coefficient (Wildman–Crippen LogP) is 1.31. The van der Waals surface area contributed by atoms with Gasteiger partial charge in [-0.15, -0.1) is 0 Å². The second kappa shape index (κ2) is 6.87.